The number of nitrogens with zero attached hydrogens (tertiary/aromatic N) is 6. The predicted molar refractivity (Wildman–Crippen MR) is 168 cm³/mol. The average molecular weight is 595 g/mol. The molecule has 3 heterocycles. The molecule has 0 aliphatic carbocycles. The summed E-state index contributed by atoms with van der Waals surface area (Å²) >= 11 is 0. The molecule has 2 aliphatic heterocycles. The Kier molecular flexibility index (Phi) is 8.96. The SMILES string of the molecule is COc1cc(N2CCC(N3CCN(C)CC3)CC2)c([N+](=O)[O-])cc1Nc1nccc(Nc2ccccc2P(C)(C)=O)n1. The van der Waals surface area contributed by atoms with E-state index in [1.165, 1.54) is 6.07 Å². The normalized spacial score (nSPS) is 17.2. The van der Waals surface area contributed by atoms with Gasteiger partial charge in [-0.05, 0) is 51.4 Å². The van der Waals surface area contributed by atoms with Crippen molar-refractivity contribution in [3.05, 3.63) is 58.8 Å². The first-order chi connectivity index (χ1) is 20.1. The van der Waals surface area contributed by atoms with Crippen LogP contribution in [-0.2, 0) is 4.57 Å². The van der Waals surface area contributed by atoms with E-state index in [4.69, 9.17) is 4.74 Å². The zero-order valence-electron chi connectivity index (χ0n) is 24.6. The largest absolute Gasteiger partial charge is 0.494 e. The Labute approximate surface area is 246 Å². The van der Waals surface area contributed by atoms with Crippen LogP contribution in [-0.4, -0.2) is 97.5 Å². The van der Waals surface area contributed by atoms with Gasteiger partial charge in [-0.25, -0.2) is 4.98 Å². The molecule has 0 atom stereocenters. The van der Waals surface area contributed by atoms with E-state index in [9.17, 15) is 14.7 Å². The van der Waals surface area contributed by atoms with Gasteiger partial charge < -0.3 is 29.7 Å². The molecule has 0 radical (unpaired) electrons. The third-order valence-electron chi connectivity index (χ3n) is 8.00. The highest BCUT2D eigenvalue weighted by atomic mass is 31.2. The van der Waals surface area contributed by atoms with Crippen LogP contribution in [0.25, 0.3) is 0 Å². The first-order valence-corrected chi connectivity index (χ1v) is 16.8. The van der Waals surface area contributed by atoms with Gasteiger partial charge in [0.15, 0.2) is 0 Å². The molecule has 5 rings (SSSR count). The molecular formula is C29H39N8O4P. The Balaban J connectivity index is 1.34. The number of ether oxygens (including phenoxy) is 1. The van der Waals surface area contributed by atoms with Gasteiger partial charge in [0, 0.05) is 68.9 Å². The Morgan fingerprint density at radius 2 is 1.71 bits per heavy atom. The summed E-state index contributed by atoms with van der Waals surface area (Å²) < 4.78 is 18.4. The maximum atomic E-state index is 12.8. The van der Waals surface area contributed by atoms with Crippen LogP contribution in [0, 0.1) is 10.1 Å². The third kappa shape index (κ3) is 6.83. The quantitative estimate of drug-likeness (QED) is 0.208. The van der Waals surface area contributed by atoms with Crippen LogP contribution in [0.15, 0.2) is 48.7 Å². The second-order valence-electron chi connectivity index (χ2n) is 11.2. The number of anilines is 5. The molecule has 2 aromatic carbocycles. The van der Waals surface area contributed by atoms with Gasteiger partial charge in [-0.3, -0.25) is 15.0 Å². The van der Waals surface area contributed by atoms with Crippen molar-refractivity contribution in [2.45, 2.75) is 18.9 Å². The van der Waals surface area contributed by atoms with Crippen molar-refractivity contribution in [1.29, 1.82) is 0 Å². The molecule has 1 aromatic heterocycles. The van der Waals surface area contributed by atoms with Crippen LogP contribution < -0.4 is 25.6 Å². The Morgan fingerprint density at radius 1 is 1.00 bits per heavy atom. The van der Waals surface area contributed by atoms with Crippen molar-refractivity contribution < 1.29 is 14.2 Å². The summed E-state index contributed by atoms with van der Waals surface area (Å²) in [4.78, 5) is 27.7. The number of rotatable bonds is 9. The third-order valence-corrected chi connectivity index (χ3v) is 9.55. The molecule has 2 fully saturated rings. The molecule has 2 N–H and O–H groups in total. The highest BCUT2D eigenvalue weighted by Gasteiger charge is 2.30. The average Bonchev–Trinajstić information content (AvgIpc) is 2.97. The van der Waals surface area contributed by atoms with Gasteiger partial charge in [-0.2, -0.15) is 4.98 Å². The van der Waals surface area contributed by atoms with Crippen molar-refractivity contribution in [1.82, 2.24) is 19.8 Å². The lowest BCUT2D eigenvalue weighted by Crippen LogP contribution is -2.52. The first kappa shape index (κ1) is 29.8. The van der Waals surface area contributed by atoms with Crippen LogP contribution in [0.3, 0.4) is 0 Å². The summed E-state index contributed by atoms with van der Waals surface area (Å²) in [6, 6.07) is 12.8. The molecule has 0 bridgehead atoms. The van der Waals surface area contributed by atoms with Crippen LogP contribution >= 0.6 is 7.14 Å². The molecule has 0 saturated carbocycles. The number of aromatic nitrogens is 2. The van der Waals surface area contributed by atoms with Crippen molar-refractivity contribution >= 4 is 47.0 Å². The minimum absolute atomic E-state index is 0.00111. The predicted octanol–water partition coefficient (Wildman–Crippen LogP) is 4.34. The maximum absolute atomic E-state index is 12.8. The van der Waals surface area contributed by atoms with Crippen molar-refractivity contribution in [3.8, 4) is 5.75 Å². The lowest BCUT2D eigenvalue weighted by molar-refractivity contribution is -0.384. The highest BCUT2D eigenvalue weighted by molar-refractivity contribution is 7.70. The number of nitrogens with one attached hydrogen (secondary N) is 2. The van der Waals surface area contributed by atoms with Crippen LogP contribution in [0.5, 0.6) is 5.75 Å². The van der Waals surface area contributed by atoms with E-state index in [0.29, 0.717) is 34.7 Å². The number of hydrogen-bond donors (Lipinski definition) is 2. The van der Waals surface area contributed by atoms with Crippen LogP contribution in [0.4, 0.5) is 34.5 Å². The van der Waals surface area contributed by atoms with Crippen LogP contribution in [0.2, 0.25) is 0 Å². The second kappa shape index (κ2) is 12.6. The number of methoxy groups -OCH3 is 1. The van der Waals surface area contributed by atoms with E-state index in [1.54, 1.807) is 38.8 Å². The fourth-order valence-electron chi connectivity index (χ4n) is 5.68. The summed E-state index contributed by atoms with van der Waals surface area (Å²) in [5.74, 6) is 1.19. The maximum Gasteiger partial charge on any atom is 0.294 e. The summed E-state index contributed by atoms with van der Waals surface area (Å²) in [6.45, 7) is 9.22. The van der Waals surface area contributed by atoms with E-state index in [2.05, 4.69) is 42.3 Å². The van der Waals surface area contributed by atoms with E-state index < -0.39 is 7.14 Å². The zero-order chi connectivity index (χ0) is 29.9. The number of para-hydroxylation sites is 1. The second-order valence-corrected chi connectivity index (χ2v) is 14.4. The molecule has 13 heteroatoms. The lowest BCUT2D eigenvalue weighted by atomic mass is 10.0. The molecule has 224 valence electrons. The molecule has 0 spiro atoms. The Bertz CT molecular complexity index is 1470. The molecular weight excluding hydrogens is 555 g/mol. The van der Waals surface area contributed by atoms with Crippen molar-refractivity contribution in [2.75, 3.05) is 82.3 Å². The van der Waals surface area contributed by atoms with Crippen molar-refractivity contribution in [3.63, 3.8) is 0 Å². The highest BCUT2D eigenvalue weighted by Crippen LogP contribution is 2.41. The van der Waals surface area contributed by atoms with E-state index >= 15 is 0 Å². The number of piperazine rings is 1. The number of nitro groups is 1. The summed E-state index contributed by atoms with van der Waals surface area (Å²) in [7, 11) is 1.17. The van der Waals surface area contributed by atoms with Gasteiger partial charge in [0.05, 0.1) is 23.4 Å². The topological polar surface area (TPSA) is 129 Å². The smallest absolute Gasteiger partial charge is 0.294 e. The van der Waals surface area contributed by atoms with E-state index in [1.807, 2.05) is 24.3 Å². The molecule has 0 amide bonds. The van der Waals surface area contributed by atoms with Gasteiger partial charge in [0.25, 0.3) is 5.69 Å². The van der Waals surface area contributed by atoms with Gasteiger partial charge >= 0.3 is 0 Å². The van der Waals surface area contributed by atoms with E-state index in [0.717, 1.165) is 57.4 Å². The molecule has 0 unspecified atom stereocenters. The van der Waals surface area contributed by atoms with Gasteiger partial charge in [-0.15, -0.1) is 0 Å². The summed E-state index contributed by atoms with van der Waals surface area (Å²) in [5, 5.41) is 19.3. The number of piperidine rings is 1. The minimum Gasteiger partial charge on any atom is -0.494 e. The molecule has 3 aromatic rings. The number of likely N-dealkylation sites (N-methyl/N-ethyl adjacent to an activating group) is 1. The zero-order valence-corrected chi connectivity index (χ0v) is 25.5. The molecule has 2 saturated heterocycles. The monoisotopic (exact) mass is 594 g/mol. The van der Waals surface area contributed by atoms with Crippen molar-refractivity contribution in [2.24, 2.45) is 0 Å². The minimum atomic E-state index is -2.52. The van der Waals surface area contributed by atoms with Crippen LogP contribution in [0.1, 0.15) is 12.8 Å². The van der Waals surface area contributed by atoms with Gasteiger partial charge in [0.1, 0.15) is 24.4 Å². The summed E-state index contributed by atoms with van der Waals surface area (Å²) in [5.41, 5.74) is 1.64. The fourth-order valence-corrected chi connectivity index (χ4v) is 6.83. The van der Waals surface area contributed by atoms with Gasteiger partial charge in [-0.1, -0.05) is 12.1 Å². The Hall–Kier alpha value is -3.73. The molecule has 2 aliphatic rings. The molecule has 42 heavy (non-hydrogen) atoms. The fraction of sp³-hybridized carbons (Fsp3) is 0.448. The molecule has 12 nitrogen and oxygen atoms in total. The van der Waals surface area contributed by atoms with E-state index in [-0.39, 0.29) is 16.6 Å². The summed E-state index contributed by atoms with van der Waals surface area (Å²) in [6.07, 6.45) is 3.51. The van der Waals surface area contributed by atoms with Gasteiger partial charge in [0.2, 0.25) is 5.95 Å². The number of benzene rings is 2. The number of nitro benzene ring substituents is 1. The lowest BCUT2D eigenvalue weighted by Gasteiger charge is -2.42. The Morgan fingerprint density at radius 3 is 2.38 bits per heavy atom. The first-order valence-electron chi connectivity index (χ1n) is 14.2. The number of hydrogen-bond acceptors (Lipinski definition) is 11. The standard InChI is InChI=1S/C29H39N8O4P/c1-34-15-17-35(18-16-34)21-10-13-36(14-11-21)24-20-26(41-2)23(19-25(24)37(38)39)32-29-30-12-9-28(33-29)31-22-7-5-6-8-27(22)42(3,4)40/h5-9,12,19-21H,10-11,13-18H2,1-4H3,(H2,30,31,32,33).